The zero-order valence-corrected chi connectivity index (χ0v) is 22.2. The lowest BCUT2D eigenvalue weighted by atomic mass is 9.86. The third-order valence-electron chi connectivity index (χ3n) is 7.89. The molecule has 2 aromatic rings. The molecule has 194 valence electrons. The van der Waals surface area contributed by atoms with Gasteiger partial charge in [0.25, 0.3) is 0 Å². The van der Waals surface area contributed by atoms with Gasteiger partial charge < -0.3 is 14.5 Å². The second-order valence-electron chi connectivity index (χ2n) is 10.2. The molecule has 0 bridgehead atoms. The lowest BCUT2D eigenvalue weighted by Gasteiger charge is -2.31. The Bertz CT molecular complexity index is 1010. The molecular formula is C29H39ClN4O2. The molecule has 1 aromatic heterocycles. The zero-order chi connectivity index (χ0) is 24.0. The molecular weight excluding hydrogens is 472 g/mol. The van der Waals surface area contributed by atoms with E-state index in [9.17, 15) is 4.79 Å². The van der Waals surface area contributed by atoms with Crippen molar-refractivity contribution in [1.29, 1.82) is 0 Å². The van der Waals surface area contributed by atoms with E-state index < -0.39 is 0 Å². The van der Waals surface area contributed by atoms with Crippen molar-refractivity contribution in [2.45, 2.75) is 58.3 Å². The van der Waals surface area contributed by atoms with Crippen LogP contribution in [0.5, 0.6) is 5.75 Å². The van der Waals surface area contributed by atoms with Gasteiger partial charge >= 0.3 is 0 Å². The number of likely N-dealkylation sites (tertiary alicyclic amines) is 1. The molecule has 1 unspecified atom stereocenters. The highest BCUT2D eigenvalue weighted by Gasteiger charge is 2.28. The molecule has 1 amide bonds. The fourth-order valence-electron chi connectivity index (χ4n) is 5.49. The first-order chi connectivity index (χ1) is 17.2. The van der Waals surface area contributed by atoms with E-state index in [2.05, 4.69) is 57.0 Å². The molecule has 7 heteroatoms. The van der Waals surface area contributed by atoms with Gasteiger partial charge in [-0.3, -0.25) is 4.79 Å². The Labute approximate surface area is 221 Å². The van der Waals surface area contributed by atoms with Crippen molar-refractivity contribution >= 4 is 29.8 Å². The SMILES string of the molecule is CCc1cnc(N2CCC(COc3ccc(C4=CCC(C(=O)N5CCCC5)CC4)cc3)CC2)nc1.Cl. The first-order valence-electron chi connectivity index (χ1n) is 13.5. The van der Waals surface area contributed by atoms with Gasteiger partial charge in [-0.2, -0.15) is 0 Å². The first-order valence-corrected chi connectivity index (χ1v) is 13.5. The Morgan fingerprint density at radius 2 is 1.69 bits per heavy atom. The molecule has 1 aliphatic carbocycles. The van der Waals surface area contributed by atoms with Crippen LogP contribution in [0.15, 0.2) is 42.7 Å². The number of ether oxygens (including phenoxy) is 1. The van der Waals surface area contributed by atoms with Gasteiger partial charge in [-0.25, -0.2) is 9.97 Å². The van der Waals surface area contributed by atoms with Crippen LogP contribution in [0.1, 0.15) is 63.0 Å². The topological polar surface area (TPSA) is 58.6 Å². The minimum Gasteiger partial charge on any atom is -0.493 e. The summed E-state index contributed by atoms with van der Waals surface area (Å²) in [5.41, 5.74) is 3.80. The number of aromatic nitrogens is 2. The lowest BCUT2D eigenvalue weighted by molar-refractivity contribution is -0.134. The van der Waals surface area contributed by atoms with Crippen LogP contribution in [0.3, 0.4) is 0 Å². The maximum atomic E-state index is 12.7. The number of nitrogens with zero attached hydrogens (tertiary/aromatic N) is 4. The van der Waals surface area contributed by atoms with Gasteiger partial charge in [0.2, 0.25) is 11.9 Å². The van der Waals surface area contributed by atoms with E-state index in [0.717, 1.165) is 95.9 Å². The van der Waals surface area contributed by atoms with Crippen LogP contribution in [0.2, 0.25) is 0 Å². The Balaban J connectivity index is 0.00000304. The molecule has 3 heterocycles. The molecule has 0 N–H and O–H groups in total. The molecule has 36 heavy (non-hydrogen) atoms. The maximum Gasteiger partial charge on any atom is 0.226 e. The van der Waals surface area contributed by atoms with Crippen LogP contribution in [0, 0.1) is 11.8 Å². The quantitative estimate of drug-likeness (QED) is 0.488. The summed E-state index contributed by atoms with van der Waals surface area (Å²) in [7, 11) is 0. The van der Waals surface area contributed by atoms with Crippen molar-refractivity contribution in [3.05, 3.63) is 53.9 Å². The van der Waals surface area contributed by atoms with Crippen molar-refractivity contribution in [3.8, 4) is 5.75 Å². The van der Waals surface area contributed by atoms with Gasteiger partial charge in [0.1, 0.15) is 5.75 Å². The smallest absolute Gasteiger partial charge is 0.226 e. The van der Waals surface area contributed by atoms with Crippen molar-refractivity contribution in [1.82, 2.24) is 14.9 Å². The normalized spacial score (nSPS) is 20.6. The molecule has 1 aromatic carbocycles. The summed E-state index contributed by atoms with van der Waals surface area (Å²) in [6, 6.07) is 8.53. The molecule has 1 atom stereocenters. The minimum absolute atomic E-state index is 0. The van der Waals surface area contributed by atoms with Gasteiger partial charge in [0.15, 0.2) is 0 Å². The van der Waals surface area contributed by atoms with Crippen LogP contribution in [-0.4, -0.2) is 53.6 Å². The van der Waals surface area contributed by atoms with Gasteiger partial charge in [-0.15, -0.1) is 12.4 Å². The number of aryl methyl sites for hydroxylation is 1. The van der Waals surface area contributed by atoms with Crippen molar-refractivity contribution in [2.75, 3.05) is 37.7 Å². The average molecular weight is 511 g/mol. The number of anilines is 1. The van der Waals surface area contributed by atoms with E-state index in [1.165, 1.54) is 16.7 Å². The number of amides is 1. The maximum absolute atomic E-state index is 12.7. The predicted octanol–water partition coefficient (Wildman–Crippen LogP) is 5.56. The second-order valence-corrected chi connectivity index (χ2v) is 10.2. The average Bonchev–Trinajstić information content (AvgIpc) is 3.48. The van der Waals surface area contributed by atoms with E-state index in [1.807, 2.05) is 12.4 Å². The summed E-state index contributed by atoms with van der Waals surface area (Å²) in [6.07, 6.45) is 14.5. The van der Waals surface area contributed by atoms with Crippen LogP contribution in [0.25, 0.3) is 5.57 Å². The number of carbonyl (C=O) groups excluding carboxylic acids is 1. The molecule has 2 fully saturated rings. The summed E-state index contributed by atoms with van der Waals surface area (Å²) < 4.78 is 6.15. The van der Waals surface area contributed by atoms with E-state index >= 15 is 0 Å². The van der Waals surface area contributed by atoms with Crippen LogP contribution < -0.4 is 9.64 Å². The van der Waals surface area contributed by atoms with E-state index in [0.29, 0.717) is 11.8 Å². The summed E-state index contributed by atoms with van der Waals surface area (Å²) >= 11 is 0. The fraction of sp³-hybridized carbons (Fsp3) is 0.552. The number of benzene rings is 1. The number of rotatable bonds is 7. The first kappa shape index (κ1) is 26.5. The third kappa shape index (κ3) is 6.39. The number of piperidine rings is 1. The zero-order valence-electron chi connectivity index (χ0n) is 21.4. The van der Waals surface area contributed by atoms with E-state index in [1.54, 1.807) is 0 Å². The van der Waals surface area contributed by atoms with Crippen molar-refractivity contribution in [3.63, 3.8) is 0 Å². The highest BCUT2D eigenvalue weighted by Crippen LogP contribution is 2.32. The standard InChI is InChI=1S/C29H38N4O2.ClH/c1-2-22-19-30-29(31-20-22)33-17-13-23(14-18-33)21-35-27-11-9-25(10-12-27)24-5-7-26(8-6-24)28(34)32-15-3-4-16-32;/h5,9-12,19-20,23,26H,2-4,6-8,13-18,21H2,1H3;1H. The Morgan fingerprint density at radius 1 is 1.00 bits per heavy atom. The third-order valence-corrected chi connectivity index (χ3v) is 7.89. The predicted molar refractivity (Wildman–Crippen MR) is 147 cm³/mol. The largest absolute Gasteiger partial charge is 0.493 e. The number of halogens is 1. The Morgan fingerprint density at radius 3 is 2.31 bits per heavy atom. The molecule has 6 nitrogen and oxygen atoms in total. The summed E-state index contributed by atoms with van der Waals surface area (Å²) in [5, 5.41) is 0. The number of carbonyl (C=O) groups is 1. The molecule has 5 rings (SSSR count). The number of allylic oxidation sites excluding steroid dienone is 2. The second kappa shape index (κ2) is 12.6. The van der Waals surface area contributed by atoms with Crippen LogP contribution in [-0.2, 0) is 11.2 Å². The van der Waals surface area contributed by atoms with Gasteiger partial charge in [-0.05, 0) is 86.1 Å². The highest BCUT2D eigenvalue weighted by atomic mass is 35.5. The molecule has 0 radical (unpaired) electrons. The number of hydrogen-bond acceptors (Lipinski definition) is 5. The lowest BCUT2D eigenvalue weighted by Crippen LogP contribution is -2.36. The highest BCUT2D eigenvalue weighted by molar-refractivity contribution is 5.85. The molecule has 0 spiro atoms. The molecule has 3 aliphatic rings. The van der Waals surface area contributed by atoms with Gasteiger partial charge in [0.05, 0.1) is 6.61 Å². The fourth-order valence-corrected chi connectivity index (χ4v) is 5.49. The summed E-state index contributed by atoms with van der Waals surface area (Å²) in [4.78, 5) is 26.1. The van der Waals surface area contributed by atoms with Crippen LogP contribution >= 0.6 is 12.4 Å². The number of hydrogen-bond donors (Lipinski definition) is 0. The summed E-state index contributed by atoms with van der Waals surface area (Å²) in [5.74, 6) is 2.89. The minimum atomic E-state index is 0. The Hall–Kier alpha value is -2.60. The Kier molecular flexibility index (Phi) is 9.24. The van der Waals surface area contributed by atoms with Crippen molar-refractivity contribution in [2.24, 2.45) is 11.8 Å². The molecule has 2 saturated heterocycles. The van der Waals surface area contributed by atoms with Gasteiger partial charge in [-0.1, -0.05) is 25.1 Å². The monoisotopic (exact) mass is 510 g/mol. The summed E-state index contributed by atoms with van der Waals surface area (Å²) in [6.45, 7) is 6.74. The molecule has 2 aliphatic heterocycles. The van der Waals surface area contributed by atoms with E-state index in [-0.39, 0.29) is 18.3 Å². The van der Waals surface area contributed by atoms with Crippen LogP contribution in [0.4, 0.5) is 5.95 Å². The van der Waals surface area contributed by atoms with E-state index in [4.69, 9.17) is 4.74 Å². The van der Waals surface area contributed by atoms with Crippen molar-refractivity contribution < 1.29 is 9.53 Å². The molecule has 0 saturated carbocycles. The van der Waals surface area contributed by atoms with Gasteiger partial charge in [0, 0.05) is 44.5 Å².